The Morgan fingerprint density at radius 1 is 1.37 bits per heavy atom. The Balaban J connectivity index is 2.17. The monoisotopic (exact) mass is 258 g/mol. The van der Waals surface area contributed by atoms with Crippen molar-refractivity contribution in [3.05, 3.63) is 42.5 Å². The van der Waals surface area contributed by atoms with Gasteiger partial charge in [-0.05, 0) is 24.1 Å². The molecule has 2 amide bonds. The molecule has 0 radical (unpaired) electrons. The second-order valence-electron chi connectivity index (χ2n) is 4.54. The van der Waals surface area contributed by atoms with Crippen molar-refractivity contribution in [3.8, 4) is 0 Å². The molecule has 1 aliphatic heterocycles. The smallest absolute Gasteiger partial charge is 0.251 e. The van der Waals surface area contributed by atoms with Crippen molar-refractivity contribution in [3.63, 3.8) is 0 Å². The lowest BCUT2D eigenvalue weighted by molar-refractivity contribution is -0.121. The number of hydrogen-bond acceptors (Lipinski definition) is 3. The Morgan fingerprint density at radius 2 is 2.05 bits per heavy atom. The van der Waals surface area contributed by atoms with E-state index in [0.29, 0.717) is 12.2 Å². The zero-order valence-electron chi connectivity index (χ0n) is 11.1. The highest BCUT2D eigenvalue weighted by molar-refractivity contribution is 6.22. The molecule has 2 rings (SSSR count). The van der Waals surface area contributed by atoms with E-state index in [9.17, 15) is 9.59 Å². The minimum absolute atomic E-state index is 0.157. The summed E-state index contributed by atoms with van der Waals surface area (Å²) in [5, 5.41) is 3.00. The van der Waals surface area contributed by atoms with Crippen LogP contribution in [0.5, 0.6) is 0 Å². The molecule has 1 heterocycles. The lowest BCUT2D eigenvalue weighted by Gasteiger charge is -2.15. The molecule has 4 heteroatoms. The van der Waals surface area contributed by atoms with Crippen LogP contribution in [-0.4, -0.2) is 24.4 Å². The summed E-state index contributed by atoms with van der Waals surface area (Å²) < 4.78 is 0. The van der Waals surface area contributed by atoms with Crippen molar-refractivity contribution < 1.29 is 9.59 Å². The van der Waals surface area contributed by atoms with Crippen molar-refractivity contribution in [2.45, 2.75) is 25.8 Å². The van der Waals surface area contributed by atoms with E-state index in [4.69, 9.17) is 0 Å². The lowest BCUT2D eigenvalue weighted by atomic mass is 10.1. The molecular formula is C15H18N2O2. The molecule has 0 spiro atoms. The fourth-order valence-electron chi connectivity index (χ4n) is 2.17. The van der Waals surface area contributed by atoms with Crippen LogP contribution in [0.15, 0.2) is 36.9 Å². The van der Waals surface area contributed by atoms with Gasteiger partial charge >= 0.3 is 0 Å². The molecule has 1 fully saturated rings. The summed E-state index contributed by atoms with van der Waals surface area (Å²) in [5.41, 5.74) is 1.83. The number of nitrogens with zero attached hydrogens (tertiary/aromatic N) is 1. The summed E-state index contributed by atoms with van der Waals surface area (Å²) in [4.78, 5) is 25.4. The standard InChI is InChI=1S/C15H18N2O2/c1-3-9-16-13-10-14(18)17(15(13)19)12-7-5-11(4-2)6-8-12/h3,5-8,13,16H,1,4,9-10H2,2H3/t13-/m0/s1. The number of amides is 2. The normalized spacial score (nSPS) is 19.0. The number of anilines is 1. The van der Waals surface area contributed by atoms with Crippen LogP contribution in [-0.2, 0) is 16.0 Å². The first-order valence-electron chi connectivity index (χ1n) is 6.47. The van der Waals surface area contributed by atoms with E-state index in [2.05, 4.69) is 18.8 Å². The predicted molar refractivity (Wildman–Crippen MR) is 74.9 cm³/mol. The van der Waals surface area contributed by atoms with Gasteiger partial charge in [0.25, 0.3) is 5.91 Å². The molecule has 1 atom stereocenters. The Hall–Kier alpha value is -1.94. The van der Waals surface area contributed by atoms with Gasteiger partial charge in [0.15, 0.2) is 0 Å². The van der Waals surface area contributed by atoms with Gasteiger partial charge in [-0.2, -0.15) is 0 Å². The highest BCUT2D eigenvalue weighted by Crippen LogP contribution is 2.23. The molecule has 0 bridgehead atoms. The van der Waals surface area contributed by atoms with Crippen LogP contribution in [0, 0.1) is 0 Å². The van der Waals surface area contributed by atoms with Gasteiger partial charge in [0.2, 0.25) is 5.91 Å². The largest absolute Gasteiger partial charge is 0.302 e. The van der Waals surface area contributed by atoms with Gasteiger partial charge in [0.05, 0.1) is 18.2 Å². The van der Waals surface area contributed by atoms with E-state index in [1.165, 1.54) is 10.5 Å². The van der Waals surface area contributed by atoms with Crippen molar-refractivity contribution in [2.75, 3.05) is 11.4 Å². The molecule has 1 N–H and O–H groups in total. The Labute approximate surface area is 113 Å². The van der Waals surface area contributed by atoms with Crippen LogP contribution < -0.4 is 10.2 Å². The molecule has 1 aromatic rings. The fourth-order valence-corrected chi connectivity index (χ4v) is 2.17. The summed E-state index contributed by atoms with van der Waals surface area (Å²) in [5.74, 6) is -0.341. The van der Waals surface area contributed by atoms with Crippen LogP contribution in [0.3, 0.4) is 0 Å². The van der Waals surface area contributed by atoms with Crippen molar-refractivity contribution in [1.82, 2.24) is 5.32 Å². The van der Waals surface area contributed by atoms with Crippen molar-refractivity contribution >= 4 is 17.5 Å². The summed E-state index contributed by atoms with van der Waals surface area (Å²) in [6.07, 6.45) is 2.82. The topological polar surface area (TPSA) is 49.4 Å². The minimum atomic E-state index is -0.434. The van der Waals surface area contributed by atoms with E-state index in [-0.39, 0.29) is 18.2 Å². The van der Waals surface area contributed by atoms with Gasteiger partial charge < -0.3 is 5.32 Å². The molecular weight excluding hydrogens is 240 g/mol. The maximum absolute atomic E-state index is 12.2. The molecule has 4 nitrogen and oxygen atoms in total. The van der Waals surface area contributed by atoms with E-state index >= 15 is 0 Å². The molecule has 0 unspecified atom stereocenters. The first kappa shape index (κ1) is 13.5. The Kier molecular flexibility index (Phi) is 4.12. The summed E-state index contributed by atoms with van der Waals surface area (Å²) >= 11 is 0. The maximum Gasteiger partial charge on any atom is 0.251 e. The summed E-state index contributed by atoms with van der Waals surface area (Å²) in [6, 6.07) is 7.10. The number of hydrogen-bond donors (Lipinski definition) is 1. The number of benzene rings is 1. The van der Waals surface area contributed by atoms with Gasteiger partial charge in [0.1, 0.15) is 0 Å². The fraction of sp³-hybridized carbons (Fsp3) is 0.333. The van der Waals surface area contributed by atoms with Crippen LogP contribution in [0.1, 0.15) is 18.9 Å². The number of imide groups is 1. The van der Waals surface area contributed by atoms with Crippen molar-refractivity contribution in [2.24, 2.45) is 0 Å². The van der Waals surface area contributed by atoms with Crippen LogP contribution in [0.25, 0.3) is 0 Å². The quantitative estimate of drug-likeness (QED) is 0.645. The average molecular weight is 258 g/mol. The molecule has 0 aliphatic carbocycles. The first-order valence-corrected chi connectivity index (χ1v) is 6.47. The summed E-state index contributed by atoms with van der Waals surface area (Å²) in [6.45, 7) is 6.18. The SMILES string of the molecule is C=CCN[C@H]1CC(=O)N(c2ccc(CC)cc2)C1=O. The highest BCUT2D eigenvalue weighted by Gasteiger charge is 2.38. The van der Waals surface area contributed by atoms with E-state index < -0.39 is 6.04 Å². The second kappa shape index (κ2) is 5.80. The van der Waals surface area contributed by atoms with Crippen LogP contribution in [0.4, 0.5) is 5.69 Å². The number of nitrogens with one attached hydrogen (secondary N) is 1. The number of carbonyl (C=O) groups is 2. The lowest BCUT2D eigenvalue weighted by Crippen LogP contribution is -2.38. The van der Waals surface area contributed by atoms with E-state index in [1.54, 1.807) is 6.08 Å². The van der Waals surface area contributed by atoms with Gasteiger partial charge in [-0.15, -0.1) is 6.58 Å². The Bertz CT molecular complexity index is 493. The number of aryl methyl sites for hydroxylation is 1. The van der Waals surface area contributed by atoms with Gasteiger partial charge in [-0.1, -0.05) is 25.1 Å². The molecule has 0 saturated carbocycles. The Morgan fingerprint density at radius 3 is 2.63 bits per heavy atom. The molecule has 0 aromatic heterocycles. The zero-order valence-corrected chi connectivity index (χ0v) is 11.1. The summed E-state index contributed by atoms with van der Waals surface area (Å²) in [7, 11) is 0. The molecule has 1 aliphatic rings. The predicted octanol–water partition coefficient (Wildman–Crippen LogP) is 1.66. The van der Waals surface area contributed by atoms with Gasteiger partial charge in [-0.25, -0.2) is 4.90 Å². The maximum atomic E-state index is 12.2. The number of carbonyl (C=O) groups excluding carboxylic acids is 2. The van der Waals surface area contributed by atoms with E-state index in [0.717, 1.165) is 6.42 Å². The molecule has 19 heavy (non-hydrogen) atoms. The third-order valence-corrected chi connectivity index (χ3v) is 3.26. The zero-order chi connectivity index (χ0) is 13.8. The molecule has 100 valence electrons. The molecule has 1 saturated heterocycles. The second-order valence-corrected chi connectivity index (χ2v) is 4.54. The average Bonchev–Trinajstić information content (AvgIpc) is 2.71. The third kappa shape index (κ3) is 2.74. The van der Waals surface area contributed by atoms with Gasteiger partial charge in [-0.3, -0.25) is 9.59 Å². The van der Waals surface area contributed by atoms with Crippen LogP contribution >= 0.6 is 0 Å². The highest BCUT2D eigenvalue weighted by atomic mass is 16.2. The first-order chi connectivity index (χ1) is 9.17. The third-order valence-electron chi connectivity index (χ3n) is 3.26. The van der Waals surface area contributed by atoms with Crippen LogP contribution in [0.2, 0.25) is 0 Å². The van der Waals surface area contributed by atoms with Gasteiger partial charge in [0, 0.05) is 6.54 Å². The minimum Gasteiger partial charge on any atom is -0.302 e. The number of rotatable bonds is 5. The molecule has 1 aromatic carbocycles. The van der Waals surface area contributed by atoms with Crippen molar-refractivity contribution in [1.29, 1.82) is 0 Å². The van der Waals surface area contributed by atoms with E-state index in [1.807, 2.05) is 24.3 Å².